The number of benzene rings is 1. The van der Waals surface area contributed by atoms with Crippen molar-refractivity contribution in [2.75, 3.05) is 32.4 Å². The lowest BCUT2D eigenvalue weighted by Gasteiger charge is -2.34. The fourth-order valence-corrected chi connectivity index (χ4v) is 4.24. The highest BCUT2D eigenvalue weighted by atomic mass is 35.5. The molecule has 0 spiro atoms. The van der Waals surface area contributed by atoms with Crippen LogP contribution in [0.15, 0.2) is 24.3 Å². The number of nitrogens with zero attached hydrogens (tertiary/aromatic N) is 2. The van der Waals surface area contributed by atoms with E-state index >= 15 is 0 Å². The molecule has 1 aromatic rings. The number of halogens is 1. The minimum Gasteiger partial charge on any atom is -0.331 e. The first-order valence-electron chi connectivity index (χ1n) is 8.34. The van der Waals surface area contributed by atoms with Gasteiger partial charge in [0.05, 0.1) is 6.26 Å². The van der Waals surface area contributed by atoms with E-state index < -0.39 is 10.0 Å². The molecule has 1 unspecified atom stereocenters. The lowest BCUT2D eigenvalue weighted by Crippen LogP contribution is -2.48. The van der Waals surface area contributed by atoms with E-state index in [1.54, 1.807) is 4.90 Å². The summed E-state index contributed by atoms with van der Waals surface area (Å²) < 4.78 is 24.0. The number of amides is 1. The van der Waals surface area contributed by atoms with Gasteiger partial charge in [-0.15, -0.1) is 0 Å². The fourth-order valence-electron chi connectivity index (χ4n) is 3.21. The summed E-state index contributed by atoms with van der Waals surface area (Å²) in [6.07, 6.45) is 3.18. The normalized spacial score (nSPS) is 22.0. The third-order valence-electron chi connectivity index (χ3n) is 4.75. The summed E-state index contributed by atoms with van der Waals surface area (Å²) in [4.78, 5) is 14.1. The van der Waals surface area contributed by atoms with Crippen LogP contribution >= 0.6 is 11.6 Å². The zero-order valence-electron chi connectivity index (χ0n) is 14.1. The van der Waals surface area contributed by atoms with Crippen LogP contribution in [0.2, 0.25) is 5.02 Å². The van der Waals surface area contributed by atoms with Gasteiger partial charge in [-0.25, -0.2) is 8.42 Å². The molecule has 25 heavy (non-hydrogen) atoms. The maximum absolute atomic E-state index is 12.4. The Hall–Kier alpha value is -1.55. The zero-order chi connectivity index (χ0) is 18.0. The van der Waals surface area contributed by atoms with Crippen LogP contribution in [0.25, 0.3) is 0 Å². The summed E-state index contributed by atoms with van der Waals surface area (Å²) in [5, 5.41) is 0.710. The quantitative estimate of drug-likeness (QED) is 0.737. The molecule has 1 atom stereocenters. The summed E-state index contributed by atoms with van der Waals surface area (Å²) in [5.74, 6) is 5.71. The van der Waals surface area contributed by atoms with Crippen LogP contribution < -0.4 is 0 Å². The second-order valence-corrected chi connectivity index (χ2v) is 9.11. The number of likely N-dealkylation sites (tertiary alicyclic amines) is 1. The number of piperidine rings is 1. The van der Waals surface area contributed by atoms with E-state index in [1.165, 1.54) is 16.1 Å². The second kappa shape index (κ2) is 7.36. The fraction of sp³-hybridized carbons (Fsp3) is 0.500. The van der Waals surface area contributed by atoms with Crippen LogP contribution in [0.5, 0.6) is 0 Å². The number of sulfonamides is 1. The van der Waals surface area contributed by atoms with Crippen molar-refractivity contribution in [3.63, 3.8) is 0 Å². The molecule has 0 N–H and O–H groups in total. The van der Waals surface area contributed by atoms with Crippen LogP contribution in [0.4, 0.5) is 0 Å². The van der Waals surface area contributed by atoms with Crippen molar-refractivity contribution in [1.29, 1.82) is 0 Å². The van der Waals surface area contributed by atoms with Crippen LogP contribution in [0, 0.1) is 17.8 Å². The summed E-state index contributed by atoms with van der Waals surface area (Å²) in [6, 6.07) is 7.78. The van der Waals surface area contributed by atoms with Gasteiger partial charge < -0.3 is 4.90 Å². The van der Waals surface area contributed by atoms with Crippen molar-refractivity contribution < 1.29 is 13.2 Å². The Kier molecular flexibility index (Phi) is 5.38. The highest BCUT2D eigenvalue weighted by Crippen LogP contribution is 2.27. The molecule has 2 aliphatic rings. The molecule has 0 radical (unpaired) electrons. The van der Waals surface area contributed by atoms with Gasteiger partial charge in [0, 0.05) is 43.0 Å². The molecule has 0 aromatic heterocycles. The molecule has 3 rings (SSSR count). The highest BCUT2D eigenvalue weighted by Gasteiger charge is 2.32. The van der Waals surface area contributed by atoms with E-state index in [2.05, 4.69) is 11.8 Å². The average molecular weight is 381 g/mol. The second-order valence-electron chi connectivity index (χ2n) is 6.69. The molecule has 2 fully saturated rings. The van der Waals surface area contributed by atoms with Crippen LogP contribution in [0.3, 0.4) is 0 Å². The zero-order valence-corrected chi connectivity index (χ0v) is 15.7. The average Bonchev–Trinajstić information content (AvgIpc) is 2.53. The molecule has 1 aromatic carbocycles. The predicted molar refractivity (Wildman–Crippen MR) is 97.7 cm³/mol. The largest absolute Gasteiger partial charge is 0.331 e. The van der Waals surface area contributed by atoms with Gasteiger partial charge in [-0.1, -0.05) is 29.7 Å². The van der Waals surface area contributed by atoms with Gasteiger partial charge in [-0.3, -0.25) is 4.79 Å². The SMILES string of the molecule is CS(=O)(=O)N1CC(C#CC(=O)N2CCCC(c3ccc(Cl)cc3)C2)C1. The Balaban J connectivity index is 1.56. The monoisotopic (exact) mass is 380 g/mol. The number of rotatable bonds is 2. The molecule has 7 heteroatoms. The van der Waals surface area contributed by atoms with E-state index in [1.807, 2.05) is 24.3 Å². The van der Waals surface area contributed by atoms with Gasteiger partial charge in [0.2, 0.25) is 10.0 Å². The Labute approximate surface area is 154 Å². The summed E-state index contributed by atoms with van der Waals surface area (Å²) in [5.41, 5.74) is 1.19. The van der Waals surface area contributed by atoms with Gasteiger partial charge in [-0.05, 0) is 36.5 Å². The molecule has 0 bridgehead atoms. The van der Waals surface area contributed by atoms with E-state index in [0.717, 1.165) is 19.4 Å². The first-order valence-corrected chi connectivity index (χ1v) is 10.6. The molecule has 2 heterocycles. The van der Waals surface area contributed by atoms with Crippen molar-refractivity contribution in [3.8, 4) is 11.8 Å². The lowest BCUT2D eigenvalue weighted by atomic mass is 9.90. The van der Waals surface area contributed by atoms with Crippen molar-refractivity contribution in [2.45, 2.75) is 18.8 Å². The van der Waals surface area contributed by atoms with Crippen molar-refractivity contribution in [2.24, 2.45) is 5.92 Å². The molecular formula is C18H21ClN2O3S. The first kappa shape index (κ1) is 18.2. The number of hydrogen-bond donors (Lipinski definition) is 0. The Bertz CT molecular complexity index is 805. The topological polar surface area (TPSA) is 57.7 Å². The number of carbonyl (C=O) groups excluding carboxylic acids is 1. The minimum atomic E-state index is -3.14. The lowest BCUT2D eigenvalue weighted by molar-refractivity contribution is -0.126. The van der Waals surface area contributed by atoms with E-state index in [-0.39, 0.29) is 11.8 Å². The van der Waals surface area contributed by atoms with Gasteiger partial charge in [0.1, 0.15) is 0 Å². The Morgan fingerprint density at radius 1 is 1.20 bits per heavy atom. The van der Waals surface area contributed by atoms with Gasteiger partial charge >= 0.3 is 0 Å². The first-order chi connectivity index (χ1) is 11.8. The van der Waals surface area contributed by atoms with Crippen LogP contribution in [-0.4, -0.2) is 56.0 Å². The Morgan fingerprint density at radius 3 is 2.52 bits per heavy atom. The van der Waals surface area contributed by atoms with Gasteiger partial charge in [-0.2, -0.15) is 4.31 Å². The van der Waals surface area contributed by atoms with E-state index in [9.17, 15) is 13.2 Å². The molecule has 2 saturated heterocycles. The van der Waals surface area contributed by atoms with Crippen molar-refractivity contribution in [3.05, 3.63) is 34.9 Å². The maximum atomic E-state index is 12.4. The summed E-state index contributed by atoms with van der Waals surface area (Å²) >= 11 is 5.93. The third-order valence-corrected chi connectivity index (χ3v) is 6.24. The molecule has 0 aliphatic carbocycles. The summed E-state index contributed by atoms with van der Waals surface area (Å²) in [6.45, 7) is 2.14. The van der Waals surface area contributed by atoms with E-state index in [4.69, 9.17) is 11.6 Å². The van der Waals surface area contributed by atoms with Crippen LogP contribution in [0.1, 0.15) is 24.3 Å². The molecule has 5 nitrogen and oxygen atoms in total. The van der Waals surface area contributed by atoms with Gasteiger partial charge in [0.15, 0.2) is 0 Å². The molecule has 0 saturated carbocycles. The molecule has 2 aliphatic heterocycles. The number of hydrogen-bond acceptors (Lipinski definition) is 3. The van der Waals surface area contributed by atoms with E-state index in [0.29, 0.717) is 30.6 Å². The molecule has 134 valence electrons. The number of carbonyl (C=O) groups is 1. The van der Waals surface area contributed by atoms with Gasteiger partial charge in [0.25, 0.3) is 5.91 Å². The van der Waals surface area contributed by atoms with Crippen molar-refractivity contribution in [1.82, 2.24) is 9.21 Å². The smallest absolute Gasteiger partial charge is 0.298 e. The minimum absolute atomic E-state index is 0.0458. The maximum Gasteiger partial charge on any atom is 0.298 e. The molecular weight excluding hydrogens is 360 g/mol. The third kappa shape index (κ3) is 4.55. The predicted octanol–water partition coefficient (Wildman–Crippen LogP) is 1.94. The Morgan fingerprint density at radius 2 is 1.88 bits per heavy atom. The van der Waals surface area contributed by atoms with Crippen molar-refractivity contribution >= 4 is 27.5 Å². The highest BCUT2D eigenvalue weighted by molar-refractivity contribution is 7.88. The van der Waals surface area contributed by atoms with Crippen LogP contribution in [-0.2, 0) is 14.8 Å². The molecule has 1 amide bonds. The summed E-state index contributed by atoms with van der Waals surface area (Å²) in [7, 11) is -3.14. The standard InChI is InChI=1S/C18H21ClN2O3S/c1-25(23,24)21-11-14(12-21)4-9-18(22)20-10-2-3-16(13-20)15-5-7-17(19)8-6-15/h5-8,14,16H,2-3,10-13H2,1H3.